The lowest BCUT2D eigenvalue weighted by atomic mass is 10.1. The van der Waals surface area contributed by atoms with Crippen LogP contribution in [0.3, 0.4) is 0 Å². The summed E-state index contributed by atoms with van der Waals surface area (Å²) in [6, 6.07) is 3.84. The summed E-state index contributed by atoms with van der Waals surface area (Å²) in [6.45, 7) is 11.9. The third-order valence-corrected chi connectivity index (χ3v) is 2.97. The number of hydrogen-bond donors (Lipinski definition) is 1. The molecular formula is C18H28N4O. The molecule has 2 rings (SSSR count). The normalized spacial score (nSPS) is 9.13. The molecule has 2 aromatic rings. The second kappa shape index (κ2) is 10.4. The molecule has 0 aromatic carbocycles. The molecule has 5 heteroatoms. The monoisotopic (exact) mass is 316 g/mol. The van der Waals surface area contributed by atoms with Crippen molar-refractivity contribution in [1.82, 2.24) is 9.38 Å². The molecule has 0 aliphatic heterocycles. The lowest BCUT2D eigenvalue weighted by molar-refractivity contribution is 0.980. The molecule has 0 atom stereocenters. The molecule has 2 aromatic heterocycles. The van der Waals surface area contributed by atoms with E-state index in [1.54, 1.807) is 20.0 Å². The second-order valence-corrected chi connectivity index (χ2v) is 4.76. The van der Waals surface area contributed by atoms with Crippen LogP contribution in [0.15, 0.2) is 17.1 Å². The molecule has 0 aliphatic rings. The summed E-state index contributed by atoms with van der Waals surface area (Å²) in [5.74, 6) is 0.583. The number of pyridine rings is 1. The average Bonchev–Trinajstić information content (AvgIpc) is 2.59. The molecule has 0 fully saturated rings. The first kappa shape index (κ1) is 20.6. The Morgan fingerprint density at radius 1 is 1.30 bits per heavy atom. The first-order valence-corrected chi connectivity index (χ1v) is 8.17. The van der Waals surface area contributed by atoms with Crippen LogP contribution in [0.4, 0.5) is 5.82 Å². The first-order chi connectivity index (χ1) is 11.0. The quantitative estimate of drug-likeness (QED) is 0.911. The minimum absolute atomic E-state index is 0.142. The van der Waals surface area contributed by atoms with Gasteiger partial charge in [-0.05, 0) is 25.0 Å². The van der Waals surface area contributed by atoms with E-state index in [1.165, 1.54) is 17.0 Å². The predicted molar refractivity (Wildman–Crippen MR) is 97.2 cm³/mol. The van der Waals surface area contributed by atoms with Crippen molar-refractivity contribution in [3.8, 4) is 6.07 Å². The second-order valence-electron chi connectivity index (χ2n) is 4.76. The summed E-state index contributed by atoms with van der Waals surface area (Å²) in [5.41, 5.74) is 2.38. The zero-order chi connectivity index (χ0) is 18.0. The van der Waals surface area contributed by atoms with E-state index in [9.17, 15) is 4.79 Å². The molecule has 126 valence electrons. The van der Waals surface area contributed by atoms with E-state index in [0.717, 1.165) is 12.0 Å². The molecule has 1 N–H and O–H groups in total. The fourth-order valence-electron chi connectivity index (χ4n) is 1.96. The van der Waals surface area contributed by atoms with Crippen molar-refractivity contribution in [2.24, 2.45) is 0 Å². The van der Waals surface area contributed by atoms with Gasteiger partial charge in [-0.25, -0.2) is 4.98 Å². The van der Waals surface area contributed by atoms with Crippen molar-refractivity contribution in [2.45, 2.75) is 54.4 Å². The van der Waals surface area contributed by atoms with Crippen LogP contribution in [0.5, 0.6) is 0 Å². The number of nitrogens with zero attached hydrogens (tertiary/aromatic N) is 3. The Morgan fingerprint density at radius 3 is 2.30 bits per heavy atom. The Kier molecular flexibility index (Phi) is 9.33. The summed E-state index contributed by atoms with van der Waals surface area (Å²) in [4.78, 5) is 16.7. The number of aromatic nitrogens is 2. The van der Waals surface area contributed by atoms with Crippen LogP contribution < -0.4 is 10.9 Å². The van der Waals surface area contributed by atoms with Gasteiger partial charge < -0.3 is 5.32 Å². The van der Waals surface area contributed by atoms with E-state index in [4.69, 9.17) is 5.26 Å². The first-order valence-electron chi connectivity index (χ1n) is 8.17. The summed E-state index contributed by atoms with van der Waals surface area (Å²) in [7, 11) is 1.74. The Hall–Kier alpha value is -2.35. The van der Waals surface area contributed by atoms with E-state index in [0.29, 0.717) is 22.6 Å². The minimum atomic E-state index is -0.142. The predicted octanol–water partition coefficient (Wildman–Crippen LogP) is 3.92. The van der Waals surface area contributed by atoms with Gasteiger partial charge in [0.25, 0.3) is 5.56 Å². The number of fused-ring (bicyclic) bond motifs is 1. The Labute approximate surface area is 139 Å². The van der Waals surface area contributed by atoms with Crippen molar-refractivity contribution in [3.05, 3.63) is 39.3 Å². The Balaban J connectivity index is 0.000000868. The van der Waals surface area contributed by atoms with Crippen LogP contribution in [0.25, 0.3) is 5.65 Å². The molecule has 23 heavy (non-hydrogen) atoms. The van der Waals surface area contributed by atoms with Gasteiger partial charge in [0.2, 0.25) is 0 Å². The smallest absolute Gasteiger partial charge is 0.262 e. The van der Waals surface area contributed by atoms with Gasteiger partial charge in [-0.2, -0.15) is 5.26 Å². The van der Waals surface area contributed by atoms with Crippen LogP contribution in [0.1, 0.15) is 57.7 Å². The molecule has 0 unspecified atom stereocenters. The third-order valence-electron chi connectivity index (χ3n) is 2.97. The summed E-state index contributed by atoms with van der Waals surface area (Å²) in [6.07, 6.45) is 3.51. The maximum Gasteiger partial charge on any atom is 0.262 e. The summed E-state index contributed by atoms with van der Waals surface area (Å²) < 4.78 is 1.45. The van der Waals surface area contributed by atoms with Crippen LogP contribution >= 0.6 is 0 Å². The topological polar surface area (TPSA) is 70.2 Å². The molecule has 2 heterocycles. The van der Waals surface area contributed by atoms with Gasteiger partial charge in [-0.1, -0.05) is 41.0 Å². The average molecular weight is 316 g/mol. The standard InChI is InChI=1S/C13H14N4O.C3H8.C2H6/c1-4-10-5-9(6-14)7-17-12(10)16-11(15-3)8(2)13(17)18;1-3-2;1-2/h5,7,15H,4H2,1-3H3;3H2,1-2H3;1-2H3. The molecule has 5 nitrogen and oxygen atoms in total. The SMILES string of the molecule is CC.CCC.CCc1cc(C#N)cn2c(=O)c(C)c(NC)nc12. The summed E-state index contributed by atoms with van der Waals surface area (Å²) >= 11 is 0. The number of hydrogen-bond acceptors (Lipinski definition) is 4. The Morgan fingerprint density at radius 2 is 1.87 bits per heavy atom. The number of nitrogens with one attached hydrogen (secondary N) is 1. The van der Waals surface area contributed by atoms with Gasteiger partial charge in [0.1, 0.15) is 17.5 Å². The van der Waals surface area contributed by atoms with Crippen LogP contribution in [-0.4, -0.2) is 16.4 Å². The van der Waals surface area contributed by atoms with Crippen molar-refractivity contribution in [3.63, 3.8) is 0 Å². The van der Waals surface area contributed by atoms with Gasteiger partial charge in [0, 0.05) is 13.2 Å². The van der Waals surface area contributed by atoms with E-state index in [-0.39, 0.29) is 5.56 Å². The highest BCUT2D eigenvalue weighted by Crippen LogP contribution is 2.15. The molecular weight excluding hydrogens is 288 g/mol. The molecule has 0 spiro atoms. The van der Waals surface area contributed by atoms with Crippen molar-refractivity contribution in [1.29, 1.82) is 5.26 Å². The third kappa shape index (κ3) is 4.82. The molecule has 0 bridgehead atoms. The highest BCUT2D eigenvalue weighted by Gasteiger charge is 2.11. The van der Waals surface area contributed by atoms with Gasteiger partial charge >= 0.3 is 0 Å². The summed E-state index contributed by atoms with van der Waals surface area (Å²) in [5, 5.41) is 11.9. The van der Waals surface area contributed by atoms with Crippen molar-refractivity contribution < 1.29 is 0 Å². The van der Waals surface area contributed by atoms with Gasteiger partial charge in [0.05, 0.1) is 11.1 Å². The van der Waals surface area contributed by atoms with E-state index >= 15 is 0 Å². The number of aryl methyl sites for hydroxylation is 1. The fourth-order valence-corrected chi connectivity index (χ4v) is 1.96. The van der Waals surface area contributed by atoms with E-state index in [2.05, 4.69) is 30.2 Å². The number of anilines is 1. The van der Waals surface area contributed by atoms with Gasteiger partial charge in [-0.15, -0.1) is 0 Å². The number of nitriles is 1. The zero-order valence-electron chi connectivity index (χ0n) is 15.3. The molecule has 0 saturated heterocycles. The lowest BCUT2D eigenvalue weighted by Crippen LogP contribution is -2.21. The largest absolute Gasteiger partial charge is 0.373 e. The zero-order valence-corrected chi connectivity index (χ0v) is 15.3. The van der Waals surface area contributed by atoms with Crippen molar-refractivity contribution in [2.75, 3.05) is 12.4 Å². The van der Waals surface area contributed by atoms with Gasteiger partial charge in [0.15, 0.2) is 0 Å². The van der Waals surface area contributed by atoms with Crippen molar-refractivity contribution >= 4 is 11.5 Å². The minimum Gasteiger partial charge on any atom is -0.373 e. The van der Waals surface area contributed by atoms with Crippen LogP contribution in [0.2, 0.25) is 0 Å². The molecule has 0 amide bonds. The van der Waals surface area contributed by atoms with Crippen LogP contribution in [-0.2, 0) is 6.42 Å². The number of rotatable bonds is 2. The van der Waals surface area contributed by atoms with E-state index < -0.39 is 0 Å². The molecule has 0 aliphatic carbocycles. The Bertz CT molecular complexity index is 726. The highest BCUT2D eigenvalue weighted by atomic mass is 16.1. The van der Waals surface area contributed by atoms with Crippen LogP contribution in [0, 0.1) is 18.3 Å². The fraction of sp³-hybridized carbons (Fsp3) is 0.500. The van der Waals surface area contributed by atoms with E-state index in [1.807, 2.05) is 20.8 Å². The molecule has 0 saturated carbocycles. The maximum atomic E-state index is 12.2. The maximum absolute atomic E-state index is 12.2. The highest BCUT2D eigenvalue weighted by molar-refractivity contribution is 5.57. The molecule has 0 radical (unpaired) electrons. The lowest BCUT2D eigenvalue weighted by Gasteiger charge is -2.10. The van der Waals surface area contributed by atoms with Gasteiger partial charge in [-0.3, -0.25) is 9.20 Å².